The molecule has 0 saturated heterocycles. The Hall–Kier alpha value is -1.52. The maximum absolute atomic E-state index is 5.57. The second kappa shape index (κ2) is 62.2. The molecule has 18 aliphatic rings. The van der Waals surface area contributed by atoms with Gasteiger partial charge in [-0.1, -0.05) is 433 Å². The Kier molecular flexibility index (Phi) is 53.1. The van der Waals surface area contributed by atoms with E-state index in [1.165, 1.54) is 271 Å². The van der Waals surface area contributed by atoms with E-state index in [1.807, 2.05) is 10.9 Å². The van der Waals surface area contributed by atoms with Crippen LogP contribution in [0.5, 0.6) is 5.75 Å². The van der Waals surface area contributed by atoms with E-state index in [1.54, 1.807) is 157 Å². The number of rotatable bonds is 25. The number of methoxy groups -OCH3 is 1. The van der Waals surface area contributed by atoms with Crippen molar-refractivity contribution in [3.05, 3.63) is 249 Å². The Morgan fingerprint density at radius 1 is 0.233 bits per heavy atom. The van der Waals surface area contributed by atoms with Gasteiger partial charge in [0.1, 0.15) is 5.75 Å². The van der Waals surface area contributed by atoms with Crippen LogP contribution in [0.15, 0.2) is 182 Å². The SMILES string of the molecule is C1CCCC1.C1CCCC1.C1CCCC1.COc1ccc(P(c2ccc(C)cc2)c2ccccc2C2CCCC2[C@@H](C)P(C2CC3CCC2C3)C2CC3CCC2C3)cc1.C[C@H](C1CCCC1c1ccccc1P(C1CCCCC1)C1CCCCC1)P(C1CCCC1)C1CCCC1.C[C@H](C1CCCC1c1ccccc1P(c1ccccc1)c1ccccc1)P(C1CC2CCC1C2)C1CC2CCC1C2.[CH3-].[CH3-].[CH3-].[CH3-].[CH3-].[CH3-].[Fe+2].[Fe+2].[Fe+2]. The van der Waals surface area contributed by atoms with Crippen molar-refractivity contribution < 1.29 is 55.9 Å². The van der Waals surface area contributed by atoms with Gasteiger partial charge in [-0.25, -0.2) is 0 Å². The van der Waals surface area contributed by atoms with Crippen molar-refractivity contribution in [1.29, 1.82) is 0 Å². The van der Waals surface area contributed by atoms with Crippen molar-refractivity contribution in [2.45, 2.75) is 480 Å². The van der Waals surface area contributed by atoms with E-state index in [4.69, 9.17) is 4.74 Å². The third-order valence-corrected chi connectivity index (χ3v) is 61.8. The van der Waals surface area contributed by atoms with Gasteiger partial charge < -0.3 is 49.3 Å². The van der Waals surface area contributed by atoms with Crippen LogP contribution >= 0.6 is 47.5 Å². The summed E-state index contributed by atoms with van der Waals surface area (Å²) in [6.45, 7) is 10.6. The average molecular weight is 2210 g/mol. The van der Waals surface area contributed by atoms with E-state index in [9.17, 15) is 0 Å². The van der Waals surface area contributed by atoms with E-state index in [0.717, 1.165) is 145 Å². The van der Waals surface area contributed by atoms with Gasteiger partial charge in [0, 0.05) is 0 Å². The molecule has 0 heterocycles. The molecule has 8 bridgehead atoms. The van der Waals surface area contributed by atoms with Gasteiger partial charge in [0.25, 0.3) is 0 Å². The molecule has 18 fully saturated rings. The number of benzene rings is 7. The molecule has 146 heavy (non-hydrogen) atoms. The minimum atomic E-state index is -0.642. The molecule has 19 unspecified atom stereocenters. The number of ether oxygens (including phenoxy) is 1. The van der Waals surface area contributed by atoms with Gasteiger partial charge in [-0.15, -0.1) is 0 Å². The molecule has 1 nitrogen and oxygen atoms in total. The third-order valence-electron chi connectivity index (χ3n) is 40.9. The van der Waals surface area contributed by atoms with E-state index in [2.05, 4.69) is 210 Å². The van der Waals surface area contributed by atoms with Crippen molar-refractivity contribution >= 4 is 84.7 Å². The summed E-state index contributed by atoms with van der Waals surface area (Å²) in [5, 5.41) is 11.1. The fraction of sp³-hybridized carbons (Fsp3) is 0.647. The van der Waals surface area contributed by atoms with Gasteiger partial charge >= 0.3 is 51.2 Å². The second-order valence-electron chi connectivity index (χ2n) is 48.9. The second-order valence-corrected chi connectivity index (χ2v) is 65.2. The maximum Gasteiger partial charge on any atom is 2.00 e. The van der Waals surface area contributed by atoms with Gasteiger partial charge in [-0.3, -0.25) is 0 Å². The first-order valence-electron chi connectivity index (χ1n) is 59.4. The van der Waals surface area contributed by atoms with E-state index >= 15 is 0 Å². The van der Waals surface area contributed by atoms with Crippen LogP contribution in [0, 0.1) is 117 Å². The molecule has 0 radical (unpaired) electrons. The monoisotopic (exact) mass is 2210 g/mol. The zero-order valence-corrected chi connectivity index (χ0v) is 103. The topological polar surface area (TPSA) is 9.23 Å². The van der Waals surface area contributed by atoms with Crippen molar-refractivity contribution in [3.63, 3.8) is 0 Å². The third kappa shape index (κ3) is 30.0. The van der Waals surface area contributed by atoms with Crippen LogP contribution in [-0.2, 0) is 51.2 Å². The molecule has 7 aromatic carbocycles. The Labute approximate surface area is 939 Å². The molecule has 22 atom stereocenters. The quantitative estimate of drug-likeness (QED) is 0.0315. The van der Waals surface area contributed by atoms with Crippen LogP contribution in [0.2, 0.25) is 0 Å². The normalized spacial score (nSPS) is 30.4. The number of hydrogen-bond donors (Lipinski definition) is 0. The first-order chi connectivity index (χ1) is 67.6. The zero-order valence-electron chi connectivity index (χ0n) is 93.9. The number of hydrogen-bond acceptors (Lipinski definition) is 1. The summed E-state index contributed by atoms with van der Waals surface area (Å²) >= 11 is 0. The molecule has 0 N–H and O–H groups in total. The fourth-order valence-electron chi connectivity index (χ4n) is 34.4. The predicted octanol–water partition coefficient (Wildman–Crippen LogP) is 39.1. The molecule has 808 valence electrons. The van der Waals surface area contributed by atoms with E-state index in [0.29, 0.717) is 5.92 Å². The van der Waals surface area contributed by atoms with Gasteiger partial charge in [0.2, 0.25) is 0 Å². The summed E-state index contributed by atoms with van der Waals surface area (Å²) in [5.41, 5.74) is 18.1. The molecule has 0 spiro atoms. The van der Waals surface area contributed by atoms with Crippen LogP contribution in [0.1, 0.15) is 433 Å². The van der Waals surface area contributed by atoms with Crippen molar-refractivity contribution in [2.24, 2.45) is 65.1 Å². The van der Waals surface area contributed by atoms with Crippen LogP contribution in [-0.4, -0.2) is 69.4 Å². The Morgan fingerprint density at radius 2 is 0.486 bits per heavy atom. The van der Waals surface area contributed by atoms with E-state index < -0.39 is 15.8 Å². The van der Waals surface area contributed by atoms with Gasteiger partial charge in [-0.2, -0.15) is 0 Å². The Bertz CT molecular complexity index is 4580. The van der Waals surface area contributed by atoms with Crippen molar-refractivity contribution in [2.75, 3.05) is 7.11 Å². The Balaban J connectivity index is 0.000000188. The predicted molar refractivity (Wildman–Crippen MR) is 647 cm³/mol. The van der Waals surface area contributed by atoms with Crippen LogP contribution in [0.25, 0.3) is 0 Å². The number of fused-ring (bicyclic) bond motifs is 8. The van der Waals surface area contributed by atoms with Crippen LogP contribution in [0.3, 0.4) is 0 Å². The molecular formula is C136H204Fe3OP6. The molecule has 18 aliphatic carbocycles. The minimum absolute atomic E-state index is 0. The molecule has 25 rings (SSSR count). The fourth-order valence-corrected chi connectivity index (χ4v) is 58.3. The largest absolute Gasteiger partial charge is 2.00 e. The van der Waals surface area contributed by atoms with Crippen LogP contribution < -0.4 is 41.9 Å². The molecule has 7 aromatic rings. The molecule has 0 amide bonds. The minimum Gasteiger partial charge on any atom is -0.497 e. The molecular weight excluding hydrogens is 2000 g/mol. The zero-order chi connectivity index (χ0) is 92.8. The summed E-state index contributed by atoms with van der Waals surface area (Å²) < 4.78 is 5.57. The average Bonchev–Trinajstić information content (AvgIpc) is 1.59. The van der Waals surface area contributed by atoms with Crippen molar-refractivity contribution in [3.8, 4) is 5.75 Å². The van der Waals surface area contributed by atoms with Crippen molar-refractivity contribution in [1.82, 2.24) is 0 Å². The molecule has 0 aromatic heterocycles. The summed E-state index contributed by atoms with van der Waals surface area (Å²) in [7, 11) is 0.984. The number of aryl methyl sites for hydroxylation is 1. The summed E-state index contributed by atoms with van der Waals surface area (Å²) in [5.74, 6) is 14.6. The Morgan fingerprint density at radius 3 is 0.781 bits per heavy atom. The smallest absolute Gasteiger partial charge is 0.497 e. The van der Waals surface area contributed by atoms with E-state index in [-0.39, 0.29) is 127 Å². The molecule has 18 saturated carbocycles. The molecule has 0 aliphatic heterocycles. The first-order valence-corrected chi connectivity index (χ1v) is 68.2. The summed E-state index contributed by atoms with van der Waals surface area (Å²) in [6, 6.07) is 71.0. The molecule has 10 heteroatoms. The standard InChI is InChI=1S/C41H52OP2.C39H48P2.C35H56P2.3C5H10.6CH3.3Fe/c1-27-11-19-34(20-12-27)44(35-21-17-33(42-3)18-22-35)39-10-5-4-7-38(39)37-9-6-8-36(37)28(2)43(40-25-29-13-15-31(40)23-29)41-26-30-14-16-32(41)24-30;1-27(40(38-25-28-19-21-30(38)23-28)39-26-29-20-22-31(39)24-29)34-16-10-17-35(34)36-15-8-9-18-37(36)41(32-11-4-2-5-12-32)33-13-6-3-7-14-33;1-27(36(28-19-8-9-20-28)29-21-10-11-22-29)32-24-14-25-33(32)34-23-12-13-26-35(34)37(30-15-4-2-5-16-30)31-17-6-3-7-18-31;3*1-2-4-5-3-1;;;;;;;;;/h4-5,7,10-12,17-22,28-32,36-37,40-41H,6,8-9,13-16,23-26H2,1-3H3;2-9,11-15,18,27-31,34-35,38-39H,10,16-17,19-26H2,1H3;12-13,23,26-33H,2-11,14-22,24-25H2,1H3;3*1-5H2;6*1H3;;;/q;;;;;;6*-1;3*+2/t28-,29?,30?,31?,32?,36?,37?,40?,41?,43?,44?;27-,28?,29?,30?,31?,34?,35?,38?,39?,40?;27-,32?,33?;;;;;;;;;;;;/m111............/s1. The first kappa shape index (κ1) is 125. The summed E-state index contributed by atoms with van der Waals surface area (Å²) in [4.78, 5) is 0. The van der Waals surface area contributed by atoms with Gasteiger partial charge in [0.15, 0.2) is 0 Å². The van der Waals surface area contributed by atoms with Crippen LogP contribution in [0.4, 0.5) is 0 Å². The summed E-state index contributed by atoms with van der Waals surface area (Å²) in [6.07, 6.45) is 88.4. The van der Waals surface area contributed by atoms with Gasteiger partial charge in [-0.05, 0) is 401 Å². The van der Waals surface area contributed by atoms with Gasteiger partial charge in [0.05, 0.1) is 7.11 Å². The maximum atomic E-state index is 5.57.